The Hall–Kier alpha value is -1.89. The first kappa shape index (κ1) is 16.2. The maximum absolute atomic E-state index is 11.9. The molecule has 0 amide bonds. The number of rotatable bonds is 6. The van der Waals surface area contributed by atoms with Crippen LogP contribution in [0.15, 0.2) is 34.3 Å². The van der Waals surface area contributed by atoms with Crippen molar-refractivity contribution in [1.29, 1.82) is 0 Å². The first-order chi connectivity index (χ1) is 9.35. The van der Waals surface area contributed by atoms with Crippen molar-refractivity contribution in [3.8, 4) is 0 Å². The molecule has 0 aliphatic carbocycles. The van der Waals surface area contributed by atoms with E-state index in [4.69, 9.17) is 4.74 Å². The second kappa shape index (κ2) is 7.04. The van der Waals surface area contributed by atoms with E-state index in [-0.39, 0.29) is 17.9 Å². The van der Waals surface area contributed by atoms with Gasteiger partial charge in [-0.3, -0.25) is 4.79 Å². The van der Waals surface area contributed by atoms with Crippen LogP contribution in [0, 0.1) is 6.92 Å². The molecule has 0 fully saturated rings. The first-order valence-electron chi connectivity index (χ1n) is 6.12. The number of benzene rings is 1. The third-order valence-corrected chi connectivity index (χ3v) is 3.62. The number of hydrogen-bond donors (Lipinski definition) is 1. The number of carbonyl (C=O) groups is 1. The Morgan fingerprint density at radius 3 is 2.45 bits per heavy atom. The molecule has 6 nitrogen and oxygen atoms in total. The van der Waals surface area contributed by atoms with E-state index < -0.39 is 16.0 Å². The molecular formula is C13H18N2O4S. The number of ether oxygens (including phenoxy) is 1. The van der Waals surface area contributed by atoms with Gasteiger partial charge in [-0.1, -0.05) is 17.7 Å². The maximum atomic E-state index is 11.9. The van der Waals surface area contributed by atoms with Crippen LogP contribution in [0.2, 0.25) is 0 Å². The minimum Gasteiger partial charge on any atom is -0.466 e. The summed E-state index contributed by atoms with van der Waals surface area (Å²) in [6.07, 6.45) is -0.0513. The number of carbonyl (C=O) groups excluding carboxylic acids is 1. The summed E-state index contributed by atoms with van der Waals surface area (Å²) in [7, 11) is -3.71. The predicted molar refractivity (Wildman–Crippen MR) is 75.9 cm³/mol. The summed E-state index contributed by atoms with van der Waals surface area (Å²) in [4.78, 5) is 13.4. The third-order valence-electron chi connectivity index (χ3n) is 2.39. The van der Waals surface area contributed by atoms with Gasteiger partial charge in [0.1, 0.15) is 0 Å². The fourth-order valence-electron chi connectivity index (χ4n) is 1.37. The van der Waals surface area contributed by atoms with Crippen molar-refractivity contribution in [3.63, 3.8) is 0 Å². The van der Waals surface area contributed by atoms with Gasteiger partial charge in [0.2, 0.25) is 0 Å². The molecule has 0 saturated carbocycles. The second-order valence-corrected chi connectivity index (χ2v) is 5.90. The number of hydrogen-bond acceptors (Lipinski definition) is 5. The van der Waals surface area contributed by atoms with Gasteiger partial charge in [0.05, 0.1) is 17.9 Å². The highest BCUT2D eigenvalue weighted by atomic mass is 32.2. The summed E-state index contributed by atoms with van der Waals surface area (Å²) in [6.45, 7) is 5.39. The molecule has 1 N–H and O–H groups in total. The van der Waals surface area contributed by atoms with Crippen LogP contribution in [-0.4, -0.2) is 26.7 Å². The largest absolute Gasteiger partial charge is 0.466 e. The quantitative estimate of drug-likeness (QED) is 0.491. The lowest BCUT2D eigenvalue weighted by Crippen LogP contribution is -2.20. The van der Waals surface area contributed by atoms with Crippen LogP contribution in [0.25, 0.3) is 0 Å². The van der Waals surface area contributed by atoms with Gasteiger partial charge in [0.15, 0.2) is 0 Å². The monoisotopic (exact) mass is 298 g/mol. The molecule has 0 aliphatic rings. The average molecular weight is 298 g/mol. The van der Waals surface area contributed by atoms with Gasteiger partial charge in [-0.15, -0.1) is 0 Å². The fourth-order valence-corrected chi connectivity index (χ4v) is 2.24. The number of aryl methyl sites for hydroxylation is 1. The van der Waals surface area contributed by atoms with Gasteiger partial charge in [-0.25, -0.2) is 4.83 Å². The lowest BCUT2D eigenvalue weighted by molar-refractivity contribution is -0.141. The van der Waals surface area contributed by atoms with E-state index in [2.05, 4.69) is 9.93 Å². The zero-order valence-corrected chi connectivity index (χ0v) is 12.5. The molecule has 20 heavy (non-hydrogen) atoms. The molecule has 1 rings (SSSR count). The van der Waals surface area contributed by atoms with Gasteiger partial charge in [-0.05, 0) is 32.9 Å². The first-order valence-corrected chi connectivity index (χ1v) is 7.60. The summed E-state index contributed by atoms with van der Waals surface area (Å²) in [6, 6.07) is 6.38. The van der Waals surface area contributed by atoms with E-state index in [1.165, 1.54) is 12.1 Å². The minimum absolute atomic E-state index is 0.0513. The standard InChI is InChI=1S/C13H18N2O4S/c1-4-19-13(16)9-11(3)14-15-20(17,18)12-7-5-10(2)6-8-12/h5-8,15H,4,9H2,1-3H3/b14-11-. The van der Waals surface area contributed by atoms with Crippen molar-refractivity contribution in [2.45, 2.75) is 32.1 Å². The van der Waals surface area contributed by atoms with Gasteiger partial charge < -0.3 is 4.74 Å². The van der Waals surface area contributed by atoms with E-state index in [0.29, 0.717) is 5.71 Å². The minimum atomic E-state index is -3.71. The Morgan fingerprint density at radius 2 is 1.90 bits per heavy atom. The molecule has 7 heteroatoms. The highest BCUT2D eigenvalue weighted by molar-refractivity contribution is 7.89. The SMILES string of the molecule is CCOC(=O)C/C(C)=N\NS(=O)(=O)c1ccc(C)cc1. The van der Waals surface area contributed by atoms with E-state index >= 15 is 0 Å². The Balaban J connectivity index is 2.72. The van der Waals surface area contributed by atoms with Crippen LogP contribution in [0.1, 0.15) is 25.8 Å². The highest BCUT2D eigenvalue weighted by Crippen LogP contribution is 2.09. The molecule has 0 saturated heterocycles. The Morgan fingerprint density at radius 1 is 1.30 bits per heavy atom. The molecule has 0 aliphatic heterocycles. The van der Waals surface area contributed by atoms with Crippen molar-refractivity contribution in [3.05, 3.63) is 29.8 Å². The topological polar surface area (TPSA) is 84.8 Å². The zero-order chi connectivity index (χ0) is 15.2. The van der Waals surface area contributed by atoms with Crippen LogP contribution >= 0.6 is 0 Å². The van der Waals surface area contributed by atoms with Crippen molar-refractivity contribution in [2.24, 2.45) is 5.10 Å². The lowest BCUT2D eigenvalue weighted by Gasteiger charge is -2.05. The zero-order valence-electron chi connectivity index (χ0n) is 11.7. The van der Waals surface area contributed by atoms with Crippen molar-refractivity contribution < 1.29 is 17.9 Å². The molecular weight excluding hydrogens is 280 g/mol. The van der Waals surface area contributed by atoms with Gasteiger partial charge >= 0.3 is 5.97 Å². The summed E-state index contributed by atoms with van der Waals surface area (Å²) in [5, 5.41) is 3.69. The van der Waals surface area contributed by atoms with Crippen molar-refractivity contribution >= 4 is 21.7 Å². The maximum Gasteiger partial charge on any atom is 0.311 e. The molecule has 1 aromatic carbocycles. The van der Waals surface area contributed by atoms with Crippen LogP contribution in [0.5, 0.6) is 0 Å². The van der Waals surface area contributed by atoms with Crippen molar-refractivity contribution in [2.75, 3.05) is 6.61 Å². The highest BCUT2D eigenvalue weighted by Gasteiger charge is 2.13. The molecule has 110 valence electrons. The number of nitrogens with one attached hydrogen (secondary N) is 1. The molecule has 1 aromatic rings. The Bertz CT molecular complexity index is 591. The molecule has 0 spiro atoms. The Labute approximate surface area is 118 Å². The predicted octanol–water partition coefficient (Wildman–Crippen LogP) is 1.60. The number of nitrogens with zero attached hydrogens (tertiary/aromatic N) is 1. The normalized spacial score (nSPS) is 12.1. The molecule has 0 bridgehead atoms. The summed E-state index contributed by atoms with van der Waals surface area (Å²) in [5.41, 5.74) is 1.30. The number of hydrazone groups is 1. The Kier molecular flexibility index (Phi) is 5.69. The number of sulfonamides is 1. The lowest BCUT2D eigenvalue weighted by atomic mass is 10.2. The molecule has 0 unspecified atom stereocenters. The van der Waals surface area contributed by atoms with Gasteiger partial charge in [0.25, 0.3) is 10.0 Å². The van der Waals surface area contributed by atoms with Crippen LogP contribution < -0.4 is 4.83 Å². The molecule has 0 radical (unpaired) electrons. The summed E-state index contributed by atoms with van der Waals surface area (Å²) < 4.78 is 28.6. The van der Waals surface area contributed by atoms with E-state index in [0.717, 1.165) is 5.56 Å². The summed E-state index contributed by atoms with van der Waals surface area (Å²) in [5.74, 6) is -0.441. The molecule has 0 atom stereocenters. The smallest absolute Gasteiger partial charge is 0.311 e. The second-order valence-electron chi connectivity index (χ2n) is 4.24. The van der Waals surface area contributed by atoms with E-state index in [9.17, 15) is 13.2 Å². The van der Waals surface area contributed by atoms with Crippen LogP contribution in [0.3, 0.4) is 0 Å². The van der Waals surface area contributed by atoms with Crippen LogP contribution in [-0.2, 0) is 19.6 Å². The third kappa shape index (κ3) is 5.00. The number of esters is 1. The van der Waals surface area contributed by atoms with E-state index in [1.54, 1.807) is 26.0 Å². The molecule has 0 aromatic heterocycles. The van der Waals surface area contributed by atoms with Gasteiger partial charge in [0, 0.05) is 5.71 Å². The van der Waals surface area contributed by atoms with Gasteiger partial charge in [-0.2, -0.15) is 13.5 Å². The fraction of sp³-hybridized carbons (Fsp3) is 0.385. The van der Waals surface area contributed by atoms with E-state index in [1.807, 2.05) is 6.92 Å². The van der Waals surface area contributed by atoms with Crippen molar-refractivity contribution in [1.82, 2.24) is 4.83 Å². The summed E-state index contributed by atoms with van der Waals surface area (Å²) >= 11 is 0. The average Bonchev–Trinajstić information content (AvgIpc) is 2.37. The molecule has 0 heterocycles. The van der Waals surface area contributed by atoms with Crippen LogP contribution in [0.4, 0.5) is 0 Å².